The maximum absolute atomic E-state index is 12.9. The number of hydrogen-bond donors (Lipinski definition) is 1. The molecule has 0 fully saturated rings. The molecule has 0 unspecified atom stereocenters. The highest BCUT2D eigenvalue weighted by atomic mass is 32.2. The quantitative estimate of drug-likeness (QED) is 0.607. The van der Waals surface area contributed by atoms with E-state index >= 15 is 0 Å². The van der Waals surface area contributed by atoms with Crippen LogP contribution in [-0.2, 0) is 14.8 Å². The standard InChI is InChI=1S/C22H22N2O4S/c1-16-6-2-9-18(14-16)28-13-5-12-23-21(25)15-24-19-10-3-7-17-8-4-11-20(22(17)19)29(24,26)27/h2-4,6-11,14H,5,12-13,15H2,1H3,(H,23,25). The summed E-state index contributed by atoms with van der Waals surface area (Å²) in [5, 5.41) is 4.30. The number of rotatable bonds is 7. The molecule has 6 nitrogen and oxygen atoms in total. The average Bonchev–Trinajstić information content (AvgIpc) is 2.91. The van der Waals surface area contributed by atoms with Gasteiger partial charge in [0.25, 0.3) is 10.0 Å². The van der Waals surface area contributed by atoms with E-state index in [1.807, 2.05) is 43.3 Å². The molecule has 7 heteroatoms. The van der Waals surface area contributed by atoms with Gasteiger partial charge in [-0.3, -0.25) is 9.10 Å². The van der Waals surface area contributed by atoms with Crippen molar-refractivity contribution in [1.29, 1.82) is 0 Å². The Balaban J connectivity index is 1.34. The van der Waals surface area contributed by atoms with Gasteiger partial charge in [-0.1, -0.05) is 36.4 Å². The van der Waals surface area contributed by atoms with E-state index in [2.05, 4.69) is 5.32 Å². The van der Waals surface area contributed by atoms with Gasteiger partial charge in [-0.2, -0.15) is 0 Å². The second kappa shape index (κ2) is 7.75. The van der Waals surface area contributed by atoms with Crippen molar-refractivity contribution in [3.63, 3.8) is 0 Å². The van der Waals surface area contributed by atoms with E-state index < -0.39 is 10.0 Å². The van der Waals surface area contributed by atoms with Gasteiger partial charge in [0.1, 0.15) is 12.3 Å². The lowest BCUT2D eigenvalue weighted by Crippen LogP contribution is -2.39. The molecular formula is C22H22N2O4S. The van der Waals surface area contributed by atoms with Gasteiger partial charge in [-0.25, -0.2) is 8.42 Å². The van der Waals surface area contributed by atoms with Crippen LogP contribution in [0, 0.1) is 6.92 Å². The maximum atomic E-state index is 12.9. The van der Waals surface area contributed by atoms with E-state index in [4.69, 9.17) is 4.74 Å². The third-order valence-corrected chi connectivity index (χ3v) is 6.67. The Morgan fingerprint density at radius 3 is 2.62 bits per heavy atom. The van der Waals surface area contributed by atoms with Gasteiger partial charge in [0.2, 0.25) is 5.91 Å². The first kappa shape index (κ1) is 19.3. The highest BCUT2D eigenvalue weighted by Gasteiger charge is 2.36. The molecule has 0 radical (unpaired) electrons. The smallest absolute Gasteiger partial charge is 0.265 e. The summed E-state index contributed by atoms with van der Waals surface area (Å²) in [6.07, 6.45) is 0.627. The Morgan fingerprint density at radius 1 is 1.07 bits per heavy atom. The summed E-state index contributed by atoms with van der Waals surface area (Å²) in [6.45, 7) is 2.64. The molecule has 0 bridgehead atoms. The molecule has 1 aliphatic rings. The molecule has 1 N–H and O–H groups in total. The summed E-state index contributed by atoms with van der Waals surface area (Å²) < 4.78 is 32.6. The van der Waals surface area contributed by atoms with E-state index in [0.717, 1.165) is 16.7 Å². The summed E-state index contributed by atoms with van der Waals surface area (Å²) >= 11 is 0. The number of carbonyl (C=O) groups excluding carboxylic acids is 1. The van der Waals surface area contributed by atoms with Crippen LogP contribution in [0.2, 0.25) is 0 Å². The van der Waals surface area contributed by atoms with Crippen molar-refractivity contribution >= 4 is 32.4 Å². The van der Waals surface area contributed by atoms with Crippen LogP contribution >= 0.6 is 0 Å². The first-order chi connectivity index (χ1) is 14.0. The van der Waals surface area contributed by atoms with Crippen LogP contribution < -0.4 is 14.4 Å². The lowest BCUT2D eigenvalue weighted by Gasteiger charge is -2.18. The van der Waals surface area contributed by atoms with Gasteiger partial charge in [0.15, 0.2) is 0 Å². The van der Waals surface area contributed by atoms with Gasteiger partial charge in [0.05, 0.1) is 17.2 Å². The second-order valence-electron chi connectivity index (χ2n) is 7.01. The first-order valence-electron chi connectivity index (χ1n) is 9.47. The minimum absolute atomic E-state index is 0.241. The van der Waals surface area contributed by atoms with Crippen LogP contribution in [-0.4, -0.2) is 34.0 Å². The van der Waals surface area contributed by atoms with Gasteiger partial charge >= 0.3 is 0 Å². The number of carbonyl (C=O) groups is 1. The third kappa shape index (κ3) is 3.78. The number of aryl methyl sites for hydroxylation is 1. The molecule has 4 rings (SSSR count). The largest absolute Gasteiger partial charge is 0.494 e. The van der Waals surface area contributed by atoms with Crippen LogP contribution in [0.25, 0.3) is 10.8 Å². The van der Waals surface area contributed by atoms with Gasteiger partial charge in [0, 0.05) is 11.9 Å². The molecule has 1 amide bonds. The molecule has 150 valence electrons. The molecule has 3 aromatic carbocycles. The number of sulfonamides is 1. The van der Waals surface area contributed by atoms with E-state index in [-0.39, 0.29) is 17.3 Å². The molecule has 0 atom stereocenters. The molecule has 3 aromatic rings. The van der Waals surface area contributed by atoms with Crippen molar-refractivity contribution < 1.29 is 17.9 Å². The zero-order valence-electron chi connectivity index (χ0n) is 16.1. The Bertz CT molecular complexity index is 1170. The Morgan fingerprint density at radius 2 is 1.83 bits per heavy atom. The highest BCUT2D eigenvalue weighted by molar-refractivity contribution is 7.93. The van der Waals surface area contributed by atoms with Crippen molar-refractivity contribution in [3.05, 3.63) is 66.2 Å². The SMILES string of the molecule is Cc1cccc(OCCCNC(=O)CN2c3cccc4cccc(c34)S2(=O)=O)c1. The molecule has 1 aliphatic heterocycles. The fourth-order valence-corrected chi connectivity index (χ4v) is 5.18. The number of hydrogen-bond acceptors (Lipinski definition) is 4. The fraction of sp³-hybridized carbons (Fsp3) is 0.227. The Kier molecular flexibility index (Phi) is 5.15. The molecule has 0 aromatic heterocycles. The lowest BCUT2D eigenvalue weighted by molar-refractivity contribution is -0.119. The minimum Gasteiger partial charge on any atom is -0.494 e. The Labute approximate surface area is 170 Å². The molecule has 1 heterocycles. The Hall–Kier alpha value is -3.06. The van der Waals surface area contributed by atoms with Crippen LogP contribution in [0.5, 0.6) is 5.75 Å². The van der Waals surface area contributed by atoms with E-state index in [0.29, 0.717) is 30.6 Å². The van der Waals surface area contributed by atoms with Crippen molar-refractivity contribution in [2.75, 3.05) is 24.0 Å². The number of nitrogens with zero attached hydrogens (tertiary/aromatic N) is 1. The minimum atomic E-state index is -3.72. The third-order valence-electron chi connectivity index (χ3n) is 4.87. The molecular weight excluding hydrogens is 388 g/mol. The molecule has 0 saturated heterocycles. The van der Waals surface area contributed by atoms with Gasteiger partial charge < -0.3 is 10.1 Å². The van der Waals surface area contributed by atoms with E-state index in [1.165, 1.54) is 4.31 Å². The highest BCUT2D eigenvalue weighted by Crippen LogP contribution is 2.41. The molecule has 0 spiro atoms. The number of anilines is 1. The number of amides is 1. The fourth-order valence-electron chi connectivity index (χ4n) is 3.51. The van der Waals surface area contributed by atoms with E-state index in [9.17, 15) is 13.2 Å². The van der Waals surface area contributed by atoms with Crippen LogP contribution in [0.1, 0.15) is 12.0 Å². The number of benzene rings is 3. The topological polar surface area (TPSA) is 75.7 Å². The molecule has 0 saturated carbocycles. The predicted octanol–water partition coefficient (Wildman–Crippen LogP) is 3.24. The average molecular weight is 410 g/mol. The summed E-state index contributed by atoms with van der Waals surface area (Å²) in [6, 6.07) is 18.4. The van der Waals surface area contributed by atoms with Crippen molar-refractivity contribution in [1.82, 2.24) is 5.32 Å². The maximum Gasteiger partial charge on any atom is 0.265 e. The van der Waals surface area contributed by atoms with E-state index in [1.54, 1.807) is 24.3 Å². The van der Waals surface area contributed by atoms with Crippen molar-refractivity contribution in [2.24, 2.45) is 0 Å². The van der Waals surface area contributed by atoms with Crippen LogP contribution in [0.15, 0.2) is 65.6 Å². The summed E-state index contributed by atoms with van der Waals surface area (Å²) in [4.78, 5) is 12.6. The summed E-state index contributed by atoms with van der Waals surface area (Å²) in [5.74, 6) is 0.458. The van der Waals surface area contributed by atoms with Gasteiger partial charge in [-0.15, -0.1) is 0 Å². The van der Waals surface area contributed by atoms with Crippen LogP contribution in [0.3, 0.4) is 0 Å². The normalized spacial score (nSPS) is 14.2. The summed E-state index contributed by atoms with van der Waals surface area (Å²) in [5.41, 5.74) is 1.68. The number of nitrogens with one attached hydrogen (secondary N) is 1. The lowest BCUT2D eigenvalue weighted by atomic mass is 10.1. The first-order valence-corrected chi connectivity index (χ1v) is 10.9. The van der Waals surface area contributed by atoms with Gasteiger partial charge in [-0.05, 0) is 48.6 Å². The van der Waals surface area contributed by atoms with Crippen molar-refractivity contribution in [2.45, 2.75) is 18.2 Å². The monoisotopic (exact) mass is 410 g/mol. The van der Waals surface area contributed by atoms with Crippen LogP contribution in [0.4, 0.5) is 5.69 Å². The predicted molar refractivity (Wildman–Crippen MR) is 113 cm³/mol. The molecule has 29 heavy (non-hydrogen) atoms. The zero-order chi connectivity index (χ0) is 20.4. The second-order valence-corrected chi connectivity index (χ2v) is 8.84. The molecule has 0 aliphatic carbocycles. The number of ether oxygens (including phenoxy) is 1. The van der Waals surface area contributed by atoms with Crippen molar-refractivity contribution in [3.8, 4) is 5.75 Å². The summed E-state index contributed by atoms with van der Waals surface area (Å²) in [7, 11) is -3.72. The zero-order valence-corrected chi connectivity index (χ0v) is 16.9.